The summed E-state index contributed by atoms with van der Waals surface area (Å²) < 4.78 is 1.32. The lowest BCUT2D eigenvalue weighted by atomic mass is 10.3. The second kappa shape index (κ2) is 5.01. The maximum Gasteiger partial charge on any atom is 0.266 e. The van der Waals surface area contributed by atoms with E-state index in [4.69, 9.17) is 11.6 Å². The summed E-state index contributed by atoms with van der Waals surface area (Å²) in [6, 6.07) is 9.08. The Morgan fingerprint density at radius 1 is 1.41 bits per heavy atom. The highest BCUT2D eigenvalue weighted by Gasteiger charge is 2.06. The first-order valence-corrected chi connectivity index (χ1v) is 5.58. The molecule has 0 unspecified atom stereocenters. The smallest absolute Gasteiger partial charge is 0.266 e. The van der Waals surface area contributed by atoms with E-state index in [9.17, 15) is 4.79 Å². The average Bonchev–Trinajstić information content (AvgIpc) is 2.74. The fourth-order valence-corrected chi connectivity index (χ4v) is 1.61. The number of para-hydroxylation sites is 1. The fourth-order valence-electron chi connectivity index (χ4n) is 1.41. The predicted octanol–water partition coefficient (Wildman–Crippen LogP) is 2.60. The van der Waals surface area contributed by atoms with Gasteiger partial charge in [0, 0.05) is 6.20 Å². The monoisotopic (exact) mass is 249 g/mol. The topological polar surface area (TPSA) is 46.9 Å². The molecule has 17 heavy (non-hydrogen) atoms. The molecule has 88 valence electrons. The third-order valence-electron chi connectivity index (χ3n) is 2.28. The molecule has 2 rings (SSSR count). The maximum absolute atomic E-state index is 11.7. The number of carbonyl (C=O) groups excluding carboxylic acids is 1. The van der Waals surface area contributed by atoms with Gasteiger partial charge in [-0.3, -0.25) is 4.79 Å². The summed E-state index contributed by atoms with van der Waals surface area (Å²) >= 11 is 5.96. The fraction of sp³-hybridized carbons (Fsp3) is 0.167. The van der Waals surface area contributed by atoms with E-state index in [0.29, 0.717) is 5.02 Å². The van der Waals surface area contributed by atoms with Crippen LogP contribution in [0.3, 0.4) is 0 Å². The Balaban J connectivity index is 1.99. The van der Waals surface area contributed by atoms with Crippen molar-refractivity contribution in [1.82, 2.24) is 9.78 Å². The molecule has 0 radical (unpaired) electrons. The van der Waals surface area contributed by atoms with Crippen molar-refractivity contribution < 1.29 is 4.79 Å². The molecular weight excluding hydrogens is 238 g/mol. The van der Waals surface area contributed by atoms with Crippen molar-refractivity contribution in [2.24, 2.45) is 0 Å². The maximum atomic E-state index is 11.7. The van der Waals surface area contributed by atoms with Crippen molar-refractivity contribution in [1.29, 1.82) is 0 Å². The number of halogens is 1. The number of nitrogens with zero attached hydrogens (tertiary/aromatic N) is 2. The van der Waals surface area contributed by atoms with Crippen LogP contribution < -0.4 is 5.32 Å². The summed E-state index contributed by atoms with van der Waals surface area (Å²) in [5.41, 5.74) is 1.56. The van der Waals surface area contributed by atoms with Crippen LogP contribution in [0, 0.1) is 6.92 Å². The first-order valence-electron chi connectivity index (χ1n) is 5.20. The minimum atomic E-state index is -0.127. The van der Waals surface area contributed by atoms with E-state index < -0.39 is 0 Å². The highest BCUT2D eigenvalue weighted by Crippen LogP contribution is 2.19. The highest BCUT2D eigenvalue weighted by atomic mass is 35.5. The van der Waals surface area contributed by atoms with E-state index in [0.717, 1.165) is 11.4 Å². The van der Waals surface area contributed by atoms with Crippen molar-refractivity contribution in [2.45, 2.75) is 6.92 Å². The molecule has 1 aromatic carbocycles. The molecule has 4 nitrogen and oxygen atoms in total. The molecule has 5 heteroatoms. The van der Waals surface area contributed by atoms with Crippen molar-refractivity contribution in [3.05, 3.63) is 47.2 Å². The lowest BCUT2D eigenvalue weighted by Gasteiger charge is -2.06. The molecule has 1 aromatic heterocycles. The lowest BCUT2D eigenvalue weighted by molar-refractivity contribution is 0.0913. The molecule has 0 saturated carbocycles. The van der Waals surface area contributed by atoms with Crippen molar-refractivity contribution in [2.75, 3.05) is 11.9 Å². The largest absolute Gasteiger partial charge is 0.375 e. The molecule has 0 saturated heterocycles. The second-order valence-corrected chi connectivity index (χ2v) is 4.04. The van der Waals surface area contributed by atoms with Crippen LogP contribution in [-0.2, 0) is 0 Å². The van der Waals surface area contributed by atoms with E-state index in [1.54, 1.807) is 18.3 Å². The first-order chi connectivity index (χ1) is 8.16. The van der Waals surface area contributed by atoms with Gasteiger partial charge in [-0.2, -0.15) is 5.10 Å². The number of aromatic nitrogens is 2. The summed E-state index contributed by atoms with van der Waals surface area (Å²) in [7, 11) is 0. The minimum Gasteiger partial charge on any atom is -0.375 e. The summed E-state index contributed by atoms with van der Waals surface area (Å²) in [6.07, 6.45) is 1.64. The third-order valence-corrected chi connectivity index (χ3v) is 2.61. The van der Waals surface area contributed by atoms with Crippen LogP contribution in [0.1, 0.15) is 10.5 Å². The van der Waals surface area contributed by atoms with Gasteiger partial charge in [-0.25, -0.2) is 4.68 Å². The van der Waals surface area contributed by atoms with E-state index in [-0.39, 0.29) is 12.5 Å². The van der Waals surface area contributed by atoms with Gasteiger partial charge in [0.2, 0.25) is 0 Å². The van der Waals surface area contributed by atoms with Gasteiger partial charge in [-0.1, -0.05) is 23.7 Å². The number of nitrogens with one attached hydrogen (secondary N) is 1. The van der Waals surface area contributed by atoms with E-state index in [1.165, 1.54) is 4.68 Å². The van der Waals surface area contributed by atoms with Crippen LogP contribution in [0.5, 0.6) is 0 Å². The number of carbonyl (C=O) groups is 1. The number of anilines is 1. The zero-order chi connectivity index (χ0) is 12.3. The molecule has 0 atom stereocenters. The van der Waals surface area contributed by atoms with Gasteiger partial charge in [-0.05, 0) is 25.1 Å². The molecule has 0 spiro atoms. The van der Waals surface area contributed by atoms with Crippen LogP contribution in [0.15, 0.2) is 36.5 Å². The standard InChI is InChI=1S/C12H12ClN3O/c1-9-6-7-16(15-9)12(17)8-14-11-5-3-2-4-10(11)13/h2-7,14H,8H2,1H3. The van der Waals surface area contributed by atoms with Gasteiger partial charge in [0.1, 0.15) is 0 Å². The predicted molar refractivity (Wildman–Crippen MR) is 67.5 cm³/mol. The van der Waals surface area contributed by atoms with Crippen molar-refractivity contribution in [3.63, 3.8) is 0 Å². The molecule has 1 N–H and O–H groups in total. The summed E-state index contributed by atoms with van der Waals surface area (Å²) in [5.74, 6) is -0.127. The Morgan fingerprint density at radius 3 is 2.82 bits per heavy atom. The Hall–Kier alpha value is -1.81. The SMILES string of the molecule is Cc1ccn(C(=O)CNc2ccccc2Cl)n1. The van der Waals surface area contributed by atoms with Gasteiger partial charge in [0.25, 0.3) is 5.91 Å². The van der Waals surface area contributed by atoms with E-state index >= 15 is 0 Å². The van der Waals surface area contributed by atoms with Gasteiger partial charge in [-0.15, -0.1) is 0 Å². The molecule has 1 heterocycles. The average molecular weight is 250 g/mol. The summed E-state index contributed by atoms with van der Waals surface area (Å²) in [4.78, 5) is 11.7. The third kappa shape index (κ3) is 2.85. The van der Waals surface area contributed by atoms with Crippen LogP contribution in [0.25, 0.3) is 0 Å². The Bertz CT molecular complexity index is 536. The normalized spacial score (nSPS) is 10.2. The molecule has 0 aliphatic carbocycles. The molecule has 0 aliphatic rings. The number of rotatable bonds is 3. The first kappa shape index (κ1) is 11.7. The molecular formula is C12H12ClN3O. The van der Waals surface area contributed by atoms with Crippen molar-refractivity contribution >= 4 is 23.2 Å². The number of benzene rings is 1. The van der Waals surface area contributed by atoms with Crippen molar-refractivity contribution in [3.8, 4) is 0 Å². The number of hydrogen-bond acceptors (Lipinski definition) is 3. The van der Waals surface area contributed by atoms with Gasteiger partial charge >= 0.3 is 0 Å². The van der Waals surface area contributed by atoms with E-state index in [1.807, 2.05) is 25.1 Å². The van der Waals surface area contributed by atoms with Crippen LogP contribution in [0.2, 0.25) is 5.02 Å². The molecule has 2 aromatic rings. The number of aryl methyl sites for hydroxylation is 1. The molecule has 0 fully saturated rings. The van der Waals surface area contributed by atoms with Gasteiger partial charge in [0.05, 0.1) is 22.9 Å². The Morgan fingerprint density at radius 2 is 2.18 bits per heavy atom. The second-order valence-electron chi connectivity index (χ2n) is 3.63. The van der Waals surface area contributed by atoms with Gasteiger partial charge < -0.3 is 5.32 Å². The van der Waals surface area contributed by atoms with Crippen LogP contribution >= 0.6 is 11.6 Å². The molecule has 0 bridgehead atoms. The molecule has 0 aliphatic heterocycles. The Kier molecular flexibility index (Phi) is 3.44. The zero-order valence-electron chi connectivity index (χ0n) is 9.35. The van der Waals surface area contributed by atoms with Gasteiger partial charge in [0.15, 0.2) is 0 Å². The van der Waals surface area contributed by atoms with E-state index in [2.05, 4.69) is 10.4 Å². The quantitative estimate of drug-likeness (QED) is 0.910. The summed E-state index contributed by atoms with van der Waals surface area (Å²) in [5, 5.41) is 7.61. The Labute approximate surface area is 104 Å². The summed E-state index contributed by atoms with van der Waals surface area (Å²) in [6.45, 7) is 2.00. The zero-order valence-corrected chi connectivity index (χ0v) is 10.1. The molecule has 0 amide bonds. The van der Waals surface area contributed by atoms with Crippen LogP contribution in [-0.4, -0.2) is 22.2 Å². The highest BCUT2D eigenvalue weighted by molar-refractivity contribution is 6.33. The number of hydrogen-bond donors (Lipinski definition) is 1. The minimum absolute atomic E-state index is 0.127. The lowest BCUT2D eigenvalue weighted by Crippen LogP contribution is -2.21. The van der Waals surface area contributed by atoms with Crippen LogP contribution in [0.4, 0.5) is 5.69 Å².